The van der Waals surface area contributed by atoms with E-state index in [1.165, 1.54) is 19.3 Å². The van der Waals surface area contributed by atoms with Crippen LogP contribution < -0.4 is 10.6 Å². The molecule has 2 aromatic rings. The van der Waals surface area contributed by atoms with Crippen molar-refractivity contribution < 1.29 is 9.18 Å². The number of carbonyl (C=O) groups is 1. The van der Waals surface area contributed by atoms with Crippen LogP contribution in [0.25, 0.3) is 10.8 Å². The normalized spacial score (nSPS) is 19.1. The van der Waals surface area contributed by atoms with Gasteiger partial charge in [0, 0.05) is 37.1 Å². The van der Waals surface area contributed by atoms with Gasteiger partial charge in [0.25, 0.3) is 0 Å². The summed E-state index contributed by atoms with van der Waals surface area (Å²) in [6.45, 7) is 2.31. The van der Waals surface area contributed by atoms with Crippen LogP contribution in [0.3, 0.4) is 0 Å². The van der Waals surface area contributed by atoms with Gasteiger partial charge in [-0.2, -0.15) is 0 Å². The van der Waals surface area contributed by atoms with Gasteiger partial charge in [-0.25, -0.2) is 9.18 Å². The Labute approximate surface area is 166 Å². The number of hydrogen-bond donors (Lipinski definition) is 2. The predicted octanol–water partition coefficient (Wildman–Crippen LogP) is 4.58. The highest BCUT2D eigenvalue weighted by atomic mass is 19.1. The lowest BCUT2D eigenvalue weighted by Gasteiger charge is -2.34. The molecule has 1 aliphatic heterocycles. The molecule has 150 valence electrons. The highest BCUT2D eigenvalue weighted by Crippen LogP contribution is 2.22. The fraction of sp³-hybridized carbons (Fsp3) is 0.522. The lowest BCUT2D eigenvalue weighted by molar-refractivity contribution is 0.170. The second kappa shape index (κ2) is 8.91. The molecule has 4 rings (SSSR count). The molecule has 2 fully saturated rings. The zero-order chi connectivity index (χ0) is 19.3. The van der Waals surface area contributed by atoms with Crippen molar-refractivity contribution in [1.82, 2.24) is 15.5 Å². The number of carbonyl (C=O) groups excluding carboxylic acids is 1. The third-order valence-corrected chi connectivity index (χ3v) is 6.26. The molecule has 2 aliphatic rings. The number of piperidine rings is 1. The van der Waals surface area contributed by atoms with Gasteiger partial charge < -0.3 is 15.5 Å². The van der Waals surface area contributed by atoms with Crippen molar-refractivity contribution >= 4 is 16.8 Å². The van der Waals surface area contributed by atoms with E-state index < -0.39 is 0 Å². The zero-order valence-electron chi connectivity index (χ0n) is 16.4. The molecule has 0 spiro atoms. The summed E-state index contributed by atoms with van der Waals surface area (Å²) in [5, 5.41) is 8.48. The third kappa shape index (κ3) is 4.46. The molecule has 0 atom stereocenters. The Hall–Kier alpha value is -2.14. The average Bonchev–Trinajstić information content (AvgIpc) is 2.74. The van der Waals surface area contributed by atoms with E-state index in [0.29, 0.717) is 17.5 Å². The largest absolute Gasteiger partial charge is 0.335 e. The summed E-state index contributed by atoms with van der Waals surface area (Å²) in [6, 6.07) is 11.9. The van der Waals surface area contributed by atoms with Crippen molar-refractivity contribution in [1.29, 1.82) is 0 Å². The fourth-order valence-electron chi connectivity index (χ4n) is 4.53. The topological polar surface area (TPSA) is 44.4 Å². The van der Waals surface area contributed by atoms with Crippen LogP contribution in [0.5, 0.6) is 0 Å². The van der Waals surface area contributed by atoms with E-state index in [-0.39, 0.29) is 11.8 Å². The minimum Gasteiger partial charge on any atom is -0.335 e. The molecule has 0 aromatic heterocycles. The van der Waals surface area contributed by atoms with Crippen LogP contribution in [-0.2, 0) is 6.54 Å². The Kier molecular flexibility index (Phi) is 6.10. The number of urea groups is 1. The number of likely N-dealkylation sites (tertiary alicyclic amines) is 1. The third-order valence-electron chi connectivity index (χ3n) is 6.26. The van der Waals surface area contributed by atoms with E-state index in [2.05, 4.69) is 10.6 Å². The number of halogens is 1. The van der Waals surface area contributed by atoms with E-state index in [0.717, 1.165) is 56.3 Å². The maximum absolute atomic E-state index is 14.0. The van der Waals surface area contributed by atoms with Crippen molar-refractivity contribution in [3.8, 4) is 0 Å². The molecule has 1 heterocycles. The molecule has 5 heteroatoms. The second-order valence-corrected chi connectivity index (χ2v) is 8.18. The molecule has 2 aromatic carbocycles. The van der Waals surface area contributed by atoms with Crippen LogP contribution in [0.15, 0.2) is 36.4 Å². The van der Waals surface area contributed by atoms with Gasteiger partial charge in [0.15, 0.2) is 0 Å². The van der Waals surface area contributed by atoms with Crippen LogP contribution in [0.4, 0.5) is 9.18 Å². The van der Waals surface area contributed by atoms with E-state index in [1.54, 1.807) is 6.07 Å². The maximum Gasteiger partial charge on any atom is 0.317 e. The van der Waals surface area contributed by atoms with E-state index in [4.69, 9.17) is 0 Å². The number of fused-ring (bicyclic) bond motifs is 1. The molecule has 0 bridgehead atoms. The van der Waals surface area contributed by atoms with Crippen molar-refractivity contribution in [3.63, 3.8) is 0 Å². The highest BCUT2D eigenvalue weighted by Gasteiger charge is 2.24. The summed E-state index contributed by atoms with van der Waals surface area (Å²) in [7, 11) is 0. The first-order valence-electron chi connectivity index (χ1n) is 10.7. The summed E-state index contributed by atoms with van der Waals surface area (Å²) in [4.78, 5) is 14.4. The van der Waals surface area contributed by atoms with Crippen molar-refractivity contribution in [2.24, 2.45) is 0 Å². The molecule has 1 aliphatic carbocycles. The van der Waals surface area contributed by atoms with Gasteiger partial charge >= 0.3 is 6.03 Å². The van der Waals surface area contributed by atoms with Crippen LogP contribution in [0.2, 0.25) is 0 Å². The SMILES string of the molecule is O=C(NC1CCCCC1)N1CCC(NCc2ccc(F)c3ccccc23)CC1. The molecule has 4 nitrogen and oxygen atoms in total. The van der Waals surface area contributed by atoms with Gasteiger partial charge in [-0.15, -0.1) is 0 Å². The Morgan fingerprint density at radius 3 is 2.39 bits per heavy atom. The van der Waals surface area contributed by atoms with E-state index in [1.807, 2.05) is 35.2 Å². The Bertz CT molecular complexity index is 811. The summed E-state index contributed by atoms with van der Waals surface area (Å²) in [6.07, 6.45) is 7.91. The zero-order valence-corrected chi connectivity index (χ0v) is 16.4. The number of amides is 2. The second-order valence-electron chi connectivity index (χ2n) is 8.18. The fourth-order valence-corrected chi connectivity index (χ4v) is 4.53. The van der Waals surface area contributed by atoms with Crippen LogP contribution in [-0.4, -0.2) is 36.1 Å². The molecule has 2 N–H and O–H groups in total. The molecular formula is C23H30FN3O. The summed E-state index contributed by atoms with van der Waals surface area (Å²) >= 11 is 0. The standard InChI is InChI=1S/C23H30FN3O/c24-22-11-10-17(20-8-4-5-9-21(20)22)16-25-18-12-14-27(15-13-18)23(28)26-19-6-2-1-3-7-19/h4-5,8-11,18-19,25H,1-3,6-7,12-16H2,(H,26,28). The monoisotopic (exact) mass is 383 g/mol. The molecular weight excluding hydrogens is 353 g/mol. The molecule has 1 saturated carbocycles. The smallest absolute Gasteiger partial charge is 0.317 e. The van der Waals surface area contributed by atoms with Crippen molar-refractivity contribution in [2.45, 2.75) is 63.6 Å². The van der Waals surface area contributed by atoms with Gasteiger partial charge in [-0.05, 0) is 42.7 Å². The number of rotatable bonds is 4. The quantitative estimate of drug-likeness (QED) is 0.812. The number of hydrogen-bond acceptors (Lipinski definition) is 2. The predicted molar refractivity (Wildman–Crippen MR) is 111 cm³/mol. The van der Waals surface area contributed by atoms with Crippen LogP contribution in [0.1, 0.15) is 50.5 Å². The van der Waals surface area contributed by atoms with E-state index in [9.17, 15) is 9.18 Å². The summed E-state index contributed by atoms with van der Waals surface area (Å²) < 4.78 is 14.0. The first-order chi connectivity index (χ1) is 13.7. The Morgan fingerprint density at radius 1 is 0.929 bits per heavy atom. The number of benzene rings is 2. The highest BCUT2D eigenvalue weighted by molar-refractivity contribution is 5.86. The lowest BCUT2D eigenvalue weighted by Crippen LogP contribution is -2.50. The van der Waals surface area contributed by atoms with Crippen molar-refractivity contribution in [3.05, 3.63) is 47.8 Å². The number of nitrogens with one attached hydrogen (secondary N) is 2. The summed E-state index contributed by atoms with van der Waals surface area (Å²) in [5.74, 6) is -0.170. The first kappa shape index (κ1) is 19.2. The Balaban J connectivity index is 1.27. The van der Waals surface area contributed by atoms with Crippen LogP contribution >= 0.6 is 0 Å². The van der Waals surface area contributed by atoms with Gasteiger partial charge in [0.2, 0.25) is 0 Å². The lowest BCUT2D eigenvalue weighted by atomic mass is 9.95. The molecule has 28 heavy (non-hydrogen) atoms. The van der Waals surface area contributed by atoms with Gasteiger partial charge in [0.1, 0.15) is 5.82 Å². The maximum atomic E-state index is 14.0. The van der Waals surface area contributed by atoms with Gasteiger partial charge in [0.05, 0.1) is 0 Å². The number of nitrogens with zero attached hydrogens (tertiary/aromatic N) is 1. The van der Waals surface area contributed by atoms with Crippen LogP contribution in [0, 0.1) is 5.82 Å². The Morgan fingerprint density at radius 2 is 1.64 bits per heavy atom. The molecule has 0 radical (unpaired) electrons. The molecule has 1 saturated heterocycles. The average molecular weight is 384 g/mol. The molecule has 0 unspecified atom stereocenters. The van der Waals surface area contributed by atoms with E-state index >= 15 is 0 Å². The van der Waals surface area contributed by atoms with Gasteiger partial charge in [-0.1, -0.05) is 49.6 Å². The minimum atomic E-state index is -0.170. The minimum absolute atomic E-state index is 0.106. The first-order valence-corrected chi connectivity index (χ1v) is 10.7. The van der Waals surface area contributed by atoms with Crippen molar-refractivity contribution in [2.75, 3.05) is 13.1 Å². The molecule has 2 amide bonds. The summed E-state index contributed by atoms with van der Waals surface area (Å²) in [5.41, 5.74) is 1.12. The van der Waals surface area contributed by atoms with Gasteiger partial charge in [-0.3, -0.25) is 0 Å².